The maximum Gasteiger partial charge on any atom is 0.107 e. The van der Waals surface area contributed by atoms with Crippen molar-refractivity contribution in [3.05, 3.63) is 16.0 Å². The molecule has 3 rings (SSSR count). The summed E-state index contributed by atoms with van der Waals surface area (Å²) in [7, 11) is 1.91. The topological polar surface area (TPSA) is 39.1 Å². The van der Waals surface area contributed by atoms with Crippen LogP contribution in [0.1, 0.15) is 42.2 Å². The Morgan fingerprint density at radius 3 is 2.84 bits per heavy atom. The first-order valence-corrected chi connectivity index (χ1v) is 8.01. The number of rotatable bonds is 3. The zero-order chi connectivity index (χ0) is 13.4. The molecule has 1 unspecified atom stereocenters. The first-order chi connectivity index (χ1) is 9.22. The number of nitrogens with one attached hydrogen (secondary N) is 1. The van der Waals surface area contributed by atoms with Gasteiger partial charge in [-0.25, -0.2) is 0 Å². The second-order valence-electron chi connectivity index (χ2n) is 5.85. The highest BCUT2D eigenvalue weighted by Gasteiger charge is 2.31. The first-order valence-electron chi connectivity index (χ1n) is 7.19. The molecule has 4 heteroatoms. The zero-order valence-corrected chi connectivity index (χ0v) is 12.5. The number of fused-ring (bicyclic) bond motifs is 1. The lowest BCUT2D eigenvalue weighted by atomic mass is 9.84. The summed E-state index contributed by atoms with van der Waals surface area (Å²) >= 11 is 1.77. The van der Waals surface area contributed by atoms with Gasteiger partial charge in [0.2, 0.25) is 0 Å². The Bertz CT molecular complexity index is 510. The third kappa shape index (κ3) is 2.26. The summed E-state index contributed by atoms with van der Waals surface area (Å²) < 4.78 is 0. The van der Waals surface area contributed by atoms with Gasteiger partial charge in [-0.2, -0.15) is 5.26 Å². The van der Waals surface area contributed by atoms with E-state index in [9.17, 15) is 5.26 Å². The predicted octanol–water partition coefficient (Wildman–Crippen LogP) is 3.21. The van der Waals surface area contributed by atoms with Crippen LogP contribution in [0.15, 0.2) is 0 Å². The van der Waals surface area contributed by atoms with Crippen molar-refractivity contribution in [2.45, 2.75) is 45.2 Å². The van der Waals surface area contributed by atoms with Crippen molar-refractivity contribution in [2.75, 3.05) is 18.9 Å². The molecular formula is C15H21N3S. The van der Waals surface area contributed by atoms with Gasteiger partial charge in [0.25, 0.3) is 0 Å². The van der Waals surface area contributed by atoms with Gasteiger partial charge in [0, 0.05) is 36.6 Å². The standard InChI is InChI=1S/C15H21N3S/c1-10-6-14-13(12(7-16)15(17-2)19-14)9-18(10)8-11-4-3-5-11/h10-11,17H,3-6,8-9H2,1-2H3. The third-order valence-electron chi connectivity index (χ3n) is 4.61. The van der Waals surface area contributed by atoms with Crippen LogP contribution in [0.3, 0.4) is 0 Å². The molecule has 19 heavy (non-hydrogen) atoms. The molecule has 1 aliphatic carbocycles. The molecule has 1 aromatic heterocycles. The molecule has 1 saturated carbocycles. The predicted molar refractivity (Wildman–Crippen MR) is 79.5 cm³/mol. The van der Waals surface area contributed by atoms with E-state index in [4.69, 9.17) is 0 Å². The molecule has 2 aliphatic rings. The lowest BCUT2D eigenvalue weighted by Crippen LogP contribution is -2.42. The van der Waals surface area contributed by atoms with Crippen LogP contribution >= 0.6 is 11.3 Å². The molecule has 1 fully saturated rings. The highest BCUT2D eigenvalue weighted by Crippen LogP contribution is 2.39. The molecule has 0 bridgehead atoms. The molecule has 2 heterocycles. The quantitative estimate of drug-likeness (QED) is 0.920. The normalized spacial score (nSPS) is 23.5. The van der Waals surface area contributed by atoms with Crippen molar-refractivity contribution < 1.29 is 0 Å². The smallest absolute Gasteiger partial charge is 0.107 e. The lowest BCUT2D eigenvalue weighted by Gasteiger charge is -2.38. The molecule has 0 spiro atoms. The maximum absolute atomic E-state index is 9.38. The fourth-order valence-electron chi connectivity index (χ4n) is 3.15. The number of hydrogen-bond acceptors (Lipinski definition) is 4. The molecule has 1 N–H and O–H groups in total. The van der Waals surface area contributed by atoms with E-state index in [1.165, 1.54) is 36.2 Å². The fourth-order valence-corrected chi connectivity index (χ4v) is 4.38. The minimum Gasteiger partial charge on any atom is -0.379 e. The molecule has 3 nitrogen and oxygen atoms in total. The van der Waals surface area contributed by atoms with Gasteiger partial charge in [0.1, 0.15) is 11.1 Å². The molecule has 0 aromatic carbocycles. The van der Waals surface area contributed by atoms with Gasteiger partial charge in [-0.05, 0) is 32.1 Å². The fraction of sp³-hybridized carbons (Fsp3) is 0.667. The highest BCUT2D eigenvalue weighted by molar-refractivity contribution is 7.16. The number of nitrogens with zero attached hydrogens (tertiary/aromatic N) is 2. The Morgan fingerprint density at radius 1 is 1.47 bits per heavy atom. The molecule has 102 valence electrons. The monoisotopic (exact) mass is 275 g/mol. The zero-order valence-electron chi connectivity index (χ0n) is 11.7. The van der Waals surface area contributed by atoms with Gasteiger partial charge in [-0.15, -0.1) is 11.3 Å². The van der Waals surface area contributed by atoms with Crippen molar-refractivity contribution in [1.29, 1.82) is 5.26 Å². The average Bonchev–Trinajstić information content (AvgIpc) is 2.70. The minimum atomic E-state index is 0.614. The molecule has 1 aliphatic heterocycles. The van der Waals surface area contributed by atoms with Crippen LogP contribution in [0.25, 0.3) is 0 Å². The van der Waals surface area contributed by atoms with Crippen LogP contribution in [0.5, 0.6) is 0 Å². The highest BCUT2D eigenvalue weighted by atomic mass is 32.1. The summed E-state index contributed by atoms with van der Waals surface area (Å²) in [5.74, 6) is 0.900. The van der Waals surface area contributed by atoms with Gasteiger partial charge in [-0.1, -0.05) is 6.42 Å². The van der Waals surface area contributed by atoms with Gasteiger partial charge in [0.15, 0.2) is 0 Å². The maximum atomic E-state index is 9.38. The van der Waals surface area contributed by atoms with Gasteiger partial charge in [0.05, 0.1) is 5.56 Å². The Balaban J connectivity index is 1.83. The van der Waals surface area contributed by atoms with E-state index in [1.54, 1.807) is 11.3 Å². The van der Waals surface area contributed by atoms with Crippen LogP contribution in [-0.4, -0.2) is 24.5 Å². The Morgan fingerprint density at radius 2 is 2.26 bits per heavy atom. The van der Waals surface area contributed by atoms with E-state index in [2.05, 4.69) is 23.2 Å². The summed E-state index contributed by atoms with van der Waals surface area (Å²) in [5, 5.41) is 13.6. The summed E-state index contributed by atoms with van der Waals surface area (Å²) in [6, 6.07) is 3.01. The van der Waals surface area contributed by atoms with Gasteiger partial charge in [-0.3, -0.25) is 4.90 Å². The number of hydrogen-bond donors (Lipinski definition) is 1. The Hall–Kier alpha value is -1.05. The second-order valence-corrected chi connectivity index (χ2v) is 6.95. The van der Waals surface area contributed by atoms with E-state index in [0.717, 1.165) is 29.4 Å². The van der Waals surface area contributed by atoms with E-state index in [1.807, 2.05) is 7.05 Å². The largest absolute Gasteiger partial charge is 0.379 e. The summed E-state index contributed by atoms with van der Waals surface area (Å²) in [6.45, 7) is 4.51. The van der Waals surface area contributed by atoms with Crippen LogP contribution in [0, 0.1) is 17.2 Å². The third-order valence-corrected chi connectivity index (χ3v) is 5.88. The minimum absolute atomic E-state index is 0.614. The van der Waals surface area contributed by atoms with Crippen molar-refractivity contribution >= 4 is 16.3 Å². The van der Waals surface area contributed by atoms with Crippen LogP contribution in [0.2, 0.25) is 0 Å². The lowest BCUT2D eigenvalue weighted by molar-refractivity contribution is 0.124. The summed E-state index contributed by atoms with van der Waals surface area (Å²) in [5.41, 5.74) is 2.17. The van der Waals surface area contributed by atoms with Crippen LogP contribution in [0.4, 0.5) is 5.00 Å². The van der Waals surface area contributed by atoms with Gasteiger partial charge >= 0.3 is 0 Å². The molecular weight excluding hydrogens is 254 g/mol. The SMILES string of the molecule is CNc1sc2c(c1C#N)CN(CC1CCC1)C(C)C2. The molecule has 1 atom stereocenters. The van der Waals surface area contributed by atoms with Crippen LogP contribution in [-0.2, 0) is 13.0 Å². The number of thiophene rings is 1. The molecule has 0 amide bonds. The Labute approximate surface area is 119 Å². The van der Waals surface area contributed by atoms with Crippen LogP contribution < -0.4 is 5.32 Å². The second kappa shape index (κ2) is 5.15. The first kappa shape index (κ1) is 13.0. The molecule has 0 saturated heterocycles. The van der Waals surface area contributed by atoms with Crippen molar-refractivity contribution in [3.8, 4) is 6.07 Å². The summed E-state index contributed by atoms with van der Waals surface area (Å²) in [6.07, 6.45) is 5.30. The van der Waals surface area contributed by atoms with Crippen molar-refractivity contribution in [3.63, 3.8) is 0 Å². The number of anilines is 1. The van der Waals surface area contributed by atoms with Gasteiger partial charge < -0.3 is 5.32 Å². The van der Waals surface area contributed by atoms with E-state index in [0.29, 0.717) is 6.04 Å². The molecule has 1 aromatic rings. The van der Waals surface area contributed by atoms with E-state index >= 15 is 0 Å². The average molecular weight is 275 g/mol. The van der Waals surface area contributed by atoms with E-state index < -0.39 is 0 Å². The Kier molecular flexibility index (Phi) is 3.51. The van der Waals surface area contributed by atoms with Crippen molar-refractivity contribution in [2.24, 2.45) is 5.92 Å². The summed E-state index contributed by atoms with van der Waals surface area (Å²) in [4.78, 5) is 4.00. The number of nitriles is 1. The van der Waals surface area contributed by atoms with E-state index in [-0.39, 0.29) is 0 Å². The molecule has 0 radical (unpaired) electrons. The van der Waals surface area contributed by atoms with Crippen molar-refractivity contribution in [1.82, 2.24) is 4.90 Å².